The molecule has 0 rings (SSSR count). The first-order valence-electron chi connectivity index (χ1n) is 2.98. The van der Waals surface area contributed by atoms with Crippen LogP contribution in [0.5, 0.6) is 0 Å². The van der Waals surface area contributed by atoms with Gasteiger partial charge in [-0.05, 0) is 20.3 Å². The molecule has 1 unspecified atom stereocenters. The fourth-order valence-electron chi connectivity index (χ4n) is 0.335. The number of hydrogen-bond donors (Lipinski definition) is 3. The Kier molecular flexibility index (Phi) is 2.22. The van der Waals surface area contributed by atoms with Gasteiger partial charge in [0.05, 0.1) is 0 Å². The number of aliphatic hydroxyl groups is 3. The Balaban J connectivity index is 4.14. The first-order chi connectivity index (χ1) is 3.81. The van der Waals surface area contributed by atoms with Crippen LogP contribution in [-0.2, 0) is 0 Å². The second kappa shape index (κ2) is 2.25. The van der Waals surface area contributed by atoms with Crippen LogP contribution in [0.4, 0.5) is 0 Å². The highest BCUT2D eigenvalue weighted by atomic mass is 16.5. The van der Waals surface area contributed by atoms with Crippen LogP contribution in [-0.4, -0.2) is 26.7 Å². The molecule has 0 aliphatic carbocycles. The Hall–Kier alpha value is -0.120. The normalized spacial score (nSPS) is 19.3. The van der Waals surface area contributed by atoms with E-state index in [1.807, 2.05) is 0 Å². The minimum absolute atomic E-state index is 0.316. The van der Waals surface area contributed by atoms with Crippen molar-refractivity contribution in [2.75, 3.05) is 0 Å². The van der Waals surface area contributed by atoms with Gasteiger partial charge in [0.15, 0.2) is 5.79 Å². The third-order valence-electron chi connectivity index (χ3n) is 1.71. The second-order valence-electron chi connectivity index (χ2n) is 2.65. The standard InChI is InChI=1S/C6H14O3/c1-4-5(2,7)6(3,8)9/h7-9H,4H2,1-3H3. The van der Waals surface area contributed by atoms with Gasteiger partial charge >= 0.3 is 0 Å². The minimum Gasteiger partial charge on any atom is -0.385 e. The Morgan fingerprint density at radius 2 is 1.44 bits per heavy atom. The molecule has 3 heteroatoms. The SMILES string of the molecule is CCC(C)(O)C(C)(O)O. The van der Waals surface area contributed by atoms with Gasteiger partial charge in [-0.15, -0.1) is 0 Å². The van der Waals surface area contributed by atoms with Crippen molar-refractivity contribution in [3.8, 4) is 0 Å². The van der Waals surface area contributed by atoms with Crippen molar-refractivity contribution >= 4 is 0 Å². The Bertz CT molecular complexity index is 91.0. The highest BCUT2D eigenvalue weighted by molar-refractivity contribution is 4.82. The lowest BCUT2D eigenvalue weighted by Crippen LogP contribution is -2.49. The molecule has 0 aromatic rings. The van der Waals surface area contributed by atoms with Crippen LogP contribution in [0.15, 0.2) is 0 Å². The third kappa shape index (κ3) is 1.93. The zero-order chi connectivity index (χ0) is 7.71. The van der Waals surface area contributed by atoms with E-state index in [4.69, 9.17) is 15.3 Å². The van der Waals surface area contributed by atoms with Crippen LogP contribution in [0, 0.1) is 0 Å². The summed E-state index contributed by atoms with van der Waals surface area (Å²) in [6, 6.07) is 0. The zero-order valence-corrected chi connectivity index (χ0v) is 6.05. The number of hydrogen-bond acceptors (Lipinski definition) is 3. The van der Waals surface area contributed by atoms with Crippen molar-refractivity contribution in [3.63, 3.8) is 0 Å². The fourth-order valence-corrected chi connectivity index (χ4v) is 0.335. The first kappa shape index (κ1) is 8.88. The maximum atomic E-state index is 9.16. The van der Waals surface area contributed by atoms with Gasteiger partial charge in [-0.2, -0.15) is 0 Å². The van der Waals surface area contributed by atoms with Crippen molar-refractivity contribution in [2.45, 2.75) is 38.6 Å². The second-order valence-corrected chi connectivity index (χ2v) is 2.65. The molecule has 0 spiro atoms. The summed E-state index contributed by atoms with van der Waals surface area (Å²) in [5, 5.41) is 26.9. The van der Waals surface area contributed by atoms with E-state index in [2.05, 4.69) is 0 Å². The van der Waals surface area contributed by atoms with Crippen molar-refractivity contribution in [3.05, 3.63) is 0 Å². The average molecular weight is 134 g/mol. The van der Waals surface area contributed by atoms with Crippen LogP contribution >= 0.6 is 0 Å². The first-order valence-corrected chi connectivity index (χ1v) is 2.98. The molecule has 0 saturated carbocycles. The molecule has 1 atom stereocenters. The summed E-state index contributed by atoms with van der Waals surface area (Å²) < 4.78 is 0. The molecule has 9 heavy (non-hydrogen) atoms. The van der Waals surface area contributed by atoms with Gasteiger partial charge in [0, 0.05) is 0 Å². The Morgan fingerprint density at radius 3 is 1.44 bits per heavy atom. The molecular weight excluding hydrogens is 120 g/mol. The molecule has 3 nitrogen and oxygen atoms in total. The summed E-state index contributed by atoms with van der Waals surface area (Å²) >= 11 is 0. The molecule has 0 aromatic carbocycles. The van der Waals surface area contributed by atoms with E-state index in [0.29, 0.717) is 6.42 Å². The Labute approximate surface area is 54.9 Å². The molecule has 0 aromatic heterocycles. The van der Waals surface area contributed by atoms with Gasteiger partial charge in [-0.25, -0.2) is 0 Å². The summed E-state index contributed by atoms with van der Waals surface area (Å²) in [5.41, 5.74) is -1.41. The van der Waals surface area contributed by atoms with Crippen LogP contribution in [0.25, 0.3) is 0 Å². The quantitative estimate of drug-likeness (QED) is 0.460. The molecule has 0 radical (unpaired) electrons. The smallest absolute Gasteiger partial charge is 0.189 e. The van der Waals surface area contributed by atoms with Crippen molar-refractivity contribution in [1.82, 2.24) is 0 Å². The van der Waals surface area contributed by atoms with Crippen LogP contribution < -0.4 is 0 Å². The average Bonchev–Trinajstić information content (AvgIpc) is 1.64. The van der Waals surface area contributed by atoms with Gasteiger partial charge < -0.3 is 15.3 Å². The predicted octanol–water partition coefficient (Wildman–Crippen LogP) is -0.152. The van der Waals surface area contributed by atoms with E-state index in [1.165, 1.54) is 6.92 Å². The molecular formula is C6H14O3. The lowest BCUT2D eigenvalue weighted by molar-refractivity contribution is -0.257. The monoisotopic (exact) mass is 134 g/mol. The number of rotatable bonds is 2. The molecule has 0 aliphatic heterocycles. The minimum atomic E-state index is -2.00. The van der Waals surface area contributed by atoms with Crippen LogP contribution in [0.2, 0.25) is 0 Å². The van der Waals surface area contributed by atoms with Gasteiger partial charge in [-0.1, -0.05) is 6.92 Å². The molecule has 0 aliphatic rings. The van der Waals surface area contributed by atoms with Gasteiger partial charge in [0.1, 0.15) is 5.60 Å². The molecule has 3 N–H and O–H groups in total. The van der Waals surface area contributed by atoms with Crippen LogP contribution in [0.1, 0.15) is 27.2 Å². The summed E-state index contributed by atoms with van der Waals surface area (Å²) in [6.45, 7) is 4.23. The van der Waals surface area contributed by atoms with Crippen molar-refractivity contribution in [2.24, 2.45) is 0 Å². The van der Waals surface area contributed by atoms with Crippen molar-refractivity contribution in [1.29, 1.82) is 0 Å². The summed E-state index contributed by atoms with van der Waals surface area (Å²) in [7, 11) is 0. The highest BCUT2D eigenvalue weighted by Gasteiger charge is 2.37. The zero-order valence-electron chi connectivity index (χ0n) is 6.05. The van der Waals surface area contributed by atoms with Crippen molar-refractivity contribution < 1.29 is 15.3 Å². The molecule has 0 fully saturated rings. The third-order valence-corrected chi connectivity index (χ3v) is 1.71. The Morgan fingerprint density at radius 1 is 1.11 bits per heavy atom. The fraction of sp³-hybridized carbons (Fsp3) is 1.00. The van der Waals surface area contributed by atoms with Gasteiger partial charge in [-0.3, -0.25) is 0 Å². The lowest BCUT2D eigenvalue weighted by atomic mass is 9.94. The van der Waals surface area contributed by atoms with Crippen LogP contribution in [0.3, 0.4) is 0 Å². The van der Waals surface area contributed by atoms with E-state index in [9.17, 15) is 0 Å². The largest absolute Gasteiger partial charge is 0.385 e. The van der Waals surface area contributed by atoms with Gasteiger partial charge in [0.2, 0.25) is 0 Å². The van der Waals surface area contributed by atoms with E-state index in [-0.39, 0.29) is 0 Å². The van der Waals surface area contributed by atoms with E-state index in [1.54, 1.807) is 6.92 Å². The van der Waals surface area contributed by atoms with E-state index >= 15 is 0 Å². The van der Waals surface area contributed by atoms with Gasteiger partial charge in [0.25, 0.3) is 0 Å². The summed E-state index contributed by atoms with van der Waals surface area (Å²) in [5.74, 6) is -2.00. The summed E-state index contributed by atoms with van der Waals surface area (Å²) in [6.07, 6.45) is 0.316. The molecule has 0 heterocycles. The summed E-state index contributed by atoms with van der Waals surface area (Å²) in [4.78, 5) is 0. The molecule has 0 bridgehead atoms. The topological polar surface area (TPSA) is 60.7 Å². The predicted molar refractivity (Wildman–Crippen MR) is 33.8 cm³/mol. The molecule has 0 amide bonds. The van der Waals surface area contributed by atoms with E-state index < -0.39 is 11.4 Å². The highest BCUT2D eigenvalue weighted by Crippen LogP contribution is 2.21. The maximum absolute atomic E-state index is 9.16. The van der Waals surface area contributed by atoms with E-state index in [0.717, 1.165) is 6.92 Å². The maximum Gasteiger partial charge on any atom is 0.189 e. The molecule has 56 valence electrons. The molecule has 0 saturated heterocycles. The lowest BCUT2D eigenvalue weighted by Gasteiger charge is -2.32.